The van der Waals surface area contributed by atoms with Gasteiger partial charge in [0.1, 0.15) is 0 Å². The van der Waals surface area contributed by atoms with E-state index in [1.807, 2.05) is 22.6 Å². The van der Waals surface area contributed by atoms with E-state index in [0.29, 0.717) is 22.2 Å². The number of fused-ring (bicyclic) bond motifs is 3. The zero-order chi connectivity index (χ0) is 18.1. The van der Waals surface area contributed by atoms with Gasteiger partial charge >= 0.3 is 0 Å². The third kappa shape index (κ3) is 2.91. The highest BCUT2D eigenvalue weighted by atomic mass is 32.2. The molecular weight excluding hydrogens is 370 g/mol. The fraction of sp³-hybridized carbons (Fsp3) is 0.167. The Balaban J connectivity index is 1.57. The number of Topliss-reactive ketones (excluding diaryl/α,β-unsaturated/α-hetero) is 1. The van der Waals surface area contributed by atoms with Crippen LogP contribution in [0.3, 0.4) is 0 Å². The second-order valence-electron chi connectivity index (χ2n) is 5.45. The predicted octanol–water partition coefficient (Wildman–Crippen LogP) is 3.94. The number of ether oxygens (including phenoxy) is 2. The van der Waals surface area contributed by atoms with Crippen molar-refractivity contribution in [2.24, 2.45) is 0 Å². The molecule has 0 N–H and O–H groups in total. The van der Waals surface area contributed by atoms with Gasteiger partial charge in [0.15, 0.2) is 22.4 Å². The quantitative estimate of drug-likeness (QED) is 0.370. The molecule has 2 aromatic heterocycles. The number of rotatable bonds is 6. The number of carbonyl (C=O) groups is 1. The van der Waals surface area contributed by atoms with Crippen molar-refractivity contribution in [2.45, 2.75) is 5.16 Å². The minimum Gasteiger partial charge on any atom is -0.493 e. The van der Waals surface area contributed by atoms with Crippen molar-refractivity contribution in [3.05, 3.63) is 48.0 Å². The molecule has 0 aliphatic carbocycles. The fourth-order valence-corrected chi connectivity index (χ4v) is 4.53. The average molecular weight is 385 g/mol. The van der Waals surface area contributed by atoms with E-state index in [1.165, 1.54) is 11.8 Å². The topological polar surface area (TPSA) is 65.7 Å². The summed E-state index contributed by atoms with van der Waals surface area (Å²) in [6.07, 6.45) is 0. The molecule has 132 valence electrons. The van der Waals surface area contributed by atoms with Crippen LogP contribution in [-0.2, 0) is 0 Å². The van der Waals surface area contributed by atoms with Crippen molar-refractivity contribution in [2.75, 3.05) is 20.0 Å². The lowest BCUT2D eigenvalue weighted by atomic mass is 10.1. The first-order valence-electron chi connectivity index (χ1n) is 7.82. The van der Waals surface area contributed by atoms with Crippen LogP contribution in [0.1, 0.15) is 10.4 Å². The maximum atomic E-state index is 12.6. The highest BCUT2D eigenvalue weighted by Gasteiger charge is 2.16. The Morgan fingerprint density at radius 2 is 1.92 bits per heavy atom. The number of nitrogens with zero attached hydrogens (tertiary/aromatic N) is 3. The lowest BCUT2D eigenvalue weighted by Crippen LogP contribution is -2.04. The summed E-state index contributed by atoms with van der Waals surface area (Å²) < 4.78 is 13.6. The van der Waals surface area contributed by atoms with E-state index in [4.69, 9.17) is 9.47 Å². The van der Waals surface area contributed by atoms with E-state index in [0.717, 1.165) is 15.2 Å². The van der Waals surface area contributed by atoms with Crippen LogP contribution in [0.4, 0.5) is 0 Å². The van der Waals surface area contributed by atoms with E-state index >= 15 is 0 Å². The van der Waals surface area contributed by atoms with Gasteiger partial charge in [-0.25, -0.2) is 0 Å². The van der Waals surface area contributed by atoms with E-state index in [9.17, 15) is 4.79 Å². The van der Waals surface area contributed by atoms with Crippen LogP contribution in [0, 0.1) is 0 Å². The molecule has 0 amide bonds. The number of para-hydroxylation sites is 1. The SMILES string of the molecule is COc1ccc(C(=O)CSc2nnc3sc4ccccc4n23)cc1OC. The van der Waals surface area contributed by atoms with Gasteiger partial charge in [0, 0.05) is 5.56 Å². The van der Waals surface area contributed by atoms with Crippen molar-refractivity contribution in [3.8, 4) is 11.5 Å². The van der Waals surface area contributed by atoms with Crippen LogP contribution in [0.25, 0.3) is 15.2 Å². The molecule has 8 heteroatoms. The molecule has 0 bridgehead atoms. The third-order valence-electron chi connectivity index (χ3n) is 3.95. The molecule has 2 aromatic carbocycles. The van der Waals surface area contributed by atoms with Gasteiger partial charge in [0.2, 0.25) is 4.96 Å². The van der Waals surface area contributed by atoms with Gasteiger partial charge in [-0.15, -0.1) is 10.2 Å². The van der Waals surface area contributed by atoms with E-state index in [1.54, 1.807) is 43.8 Å². The number of hydrogen-bond acceptors (Lipinski definition) is 7. The molecule has 0 saturated carbocycles. The Bertz CT molecular complexity index is 1100. The van der Waals surface area contributed by atoms with E-state index in [2.05, 4.69) is 16.3 Å². The maximum Gasteiger partial charge on any atom is 0.217 e. The molecule has 4 rings (SSSR count). The summed E-state index contributed by atoms with van der Waals surface area (Å²) in [7, 11) is 3.12. The van der Waals surface area contributed by atoms with Gasteiger partial charge in [0.05, 0.1) is 30.2 Å². The van der Waals surface area contributed by atoms with Crippen LogP contribution in [0.2, 0.25) is 0 Å². The van der Waals surface area contributed by atoms with E-state index in [-0.39, 0.29) is 11.5 Å². The monoisotopic (exact) mass is 385 g/mol. The third-order valence-corrected chi connectivity index (χ3v) is 5.89. The van der Waals surface area contributed by atoms with Crippen LogP contribution < -0.4 is 9.47 Å². The van der Waals surface area contributed by atoms with Crippen LogP contribution in [0.5, 0.6) is 11.5 Å². The first kappa shape index (κ1) is 16.9. The second-order valence-corrected chi connectivity index (χ2v) is 7.40. The lowest BCUT2D eigenvalue weighted by Gasteiger charge is -2.08. The van der Waals surface area contributed by atoms with Gasteiger partial charge in [-0.1, -0.05) is 35.2 Å². The summed E-state index contributed by atoms with van der Waals surface area (Å²) in [4.78, 5) is 13.4. The Morgan fingerprint density at radius 3 is 2.73 bits per heavy atom. The second kappa shape index (κ2) is 6.97. The van der Waals surface area contributed by atoms with Crippen molar-refractivity contribution >= 4 is 44.1 Å². The number of carbonyl (C=O) groups excluding carboxylic acids is 1. The summed E-state index contributed by atoms with van der Waals surface area (Å²) >= 11 is 2.96. The Morgan fingerprint density at radius 1 is 1.12 bits per heavy atom. The van der Waals surface area contributed by atoms with Gasteiger partial charge < -0.3 is 9.47 Å². The molecule has 4 aromatic rings. The lowest BCUT2D eigenvalue weighted by molar-refractivity contribution is 0.102. The maximum absolute atomic E-state index is 12.6. The predicted molar refractivity (Wildman–Crippen MR) is 103 cm³/mol. The molecule has 0 atom stereocenters. The van der Waals surface area contributed by atoms with Gasteiger partial charge in [0.25, 0.3) is 0 Å². The molecule has 0 saturated heterocycles. The number of hydrogen-bond donors (Lipinski definition) is 0. The summed E-state index contributed by atoms with van der Waals surface area (Å²) in [6.45, 7) is 0. The summed E-state index contributed by atoms with van der Waals surface area (Å²) in [5.41, 5.74) is 1.63. The normalized spacial score (nSPS) is 11.2. The molecule has 0 fully saturated rings. The minimum atomic E-state index is -0.00719. The van der Waals surface area contributed by atoms with Crippen LogP contribution >= 0.6 is 23.1 Å². The minimum absolute atomic E-state index is 0.00719. The van der Waals surface area contributed by atoms with Crippen molar-refractivity contribution in [3.63, 3.8) is 0 Å². The van der Waals surface area contributed by atoms with E-state index < -0.39 is 0 Å². The van der Waals surface area contributed by atoms with Crippen molar-refractivity contribution < 1.29 is 14.3 Å². The highest BCUT2D eigenvalue weighted by molar-refractivity contribution is 7.99. The number of thiazole rings is 1. The summed E-state index contributed by atoms with van der Waals surface area (Å²) in [5.74, 6) is 1.39. The largest absolute Gasteiger partial charge is 0.493 e. The number of aromatic nitrogens is 3. The highest BCUT2D eigenvalue weighted by Crippen LogP contribution is 2.31. The Labute approximate surface area is 157 Å². The van der Waals surface area contributed by atoms with Gasteiger partial charge in [-0.3, -0.25) is 9.20 Å². The Hall–Kier alpha value is -2.58. The average Bonchev–Trinajstić information content (AvgIpc) is 3.24. The molecule has 0 aliphatic rings. The zero-order valence-corrected chi connectivity index (χ0v) is 15.8. The fourth-order valence-electron chi connectivity index (χ4n) is 2.67. The first-order chi connectivity index (χ1) is 12.7. The van der Waals surface area contributed by atoms with Gasteiger partial charge in [-0.2, -0.15) is 0 Å². The first-order valence-corrected chi connectivity index (χ1v) is 9.62. The number of thioether (sulfide) groups is 1. The molecule has 26 heavy (non-hydrogen) atoms. The van der Waals surface area contributed by atoms with Crippen molar-refractivity contribution in [1.82, 2.24) is 14.6 Å². The molecule has 0 radical (unpaired) electrons. The summed E-state index contributed by atoms with van der Waals surface area (Å²) in [6, 6.07) is 13.2. The molecule has 2 heterocycles. The van der Waals surface area contributed by atoms with Crippen LogP contribution in [-0.4, -0.2) is 40.4 Å². The standard InChI is InChI=1S/C18H15N3O3S2/c1-23-14-8-7-11(9-15(14)24-2)13(22)10-25-17-19-20-18-21(17)12-5-3-4-6-16(12)26-18/h3-9H,10H2,1-2H3. The number of benzene rings is 2. The molecule has 0 unspecified atom stereocenters. The zero-order valence-electron chi connectivity index (χ0n) is 14.1. The molecular formula is C18H15N3O3S2. The molecule has 0 spiro atoms. The van der Waals surface area contributed by atoms with Crippen LogP contribution in [0.15, 0.2) is 47.6 Å². The summed E-state index contributed by atoms with van der Waals surface area (Å²) in [5, 5.41) is 9.16. The number of methoxy groups -OCH3 is 2. The van der Waals surface area contributed by atoms with Gasteiger partial charge in [-0.05, 0) is 30.3 Å². The molecule has 6 nitrogen and oxygen atoms in total. The molecule has 0 aliphatic heterocycles. The van der Waals surface area contributed by atoms with Crippen molar-refractivity contribution in [1.29, 1.82) is 0 Å². The number of ketones is 1. The smallest absolute Gasteiger partial charge is 0.217 e. The Kier molecular flexibility index (Phi) is 4.52.